The van der Waals surface area contributed by atoms with Gasteiger partial charge in [0.2, 0.25) is 0 Å². The van der Waals surface area contributed by atoms with E-state index in [0.717, 1.165) is 0 Å². The number of aromatic amines is 1. The Kier molecular flexibility index (Phi) is 4.31. The standard InChI is InChI=1S/C16H17N3O3S/c20-11-5-10-19(13-6-2-1-3-7-13)23(21,22)15-12-18-16-14(15)8-4-9-17-16/h1-4,6-9,12,20H,5,10-11H2,(H,17,18). The molecular formula is C16H17N3O3S. The molecule has 0 aliphatic heterocycles. The van der Waals surface area contributed by atoms with Gasteiger partial charge in [-0.05, 0) is 30.7 Å². The van der Waals surface area contributed by atoms with Gasteiger partial charge in [0.05, 0.1) is 5.69 Å². The highest BCUT2D eigenvalue weighted by Crippen LogP contribution is 2.28. The van der Waals surface area contributed by atoms with Crippen molar-refractivity contribution in [3.63, 3.8) is 0 Å². The second kappa shape index (κ2) is 6.39. The number of rotatable bonds is 6. The lowest BCUT2D eigenvalue weighted by Gasteiger charge is -2.23. The summed E-state index contributed by atoms with van der Waals surface area (Å²) >= 11 is 0. The Morgan fingerprint density at radius 3 is 2.65 bits per heavy atom. The van der Waals surface area contributed by atoms with Gasteiger partial charge in [0, 0.05) is 30.9 Å². The zero-order valence-electron chi connectivity index (χ0n) is 12.4. The number of fused-ring (bicyclic) bond motifs is 1. The van der Waals surface area contributed by atoms with Gasteiger partial charge in [-0.15, -0.1) is 0 Å². The van der Waals surface area contributed by atoms with Crippen molar-refractivity contribution in [3.8, 4) is 0 Å². The predicted molar refractivity (Wildman–Crippen MR) is 88.8 cm³/mol. The van der Waals surface area contributed by atoms with Crippen LogP contribution in [0.4, 0.5) is 5.69 Å². The van der Waals surface area contributed by atoms with E-state index in [4.69, 9.17) is 5.11 Å². The lowest BCUT2D eigenvalue weighted by Crippen LogP contribution is -2.32. The molecule has 2 heterocycles. The van der Waals surface area contributed by atoms with Crippen molar-refractivity contribution in [2.45, 2.75) is 11.3 Å². The van der Waals surface area contributed by atoms with Gasteiger partial charge in [-0.1, -0.05) is 18.2 Å². The summed E-state index contributed by atoms with van der Waals surface area (Å²) in [7, 11) is -3.76. The molecule has 0 saturated heterocycles. The first kappa shape index (κ1) is 15.5. The number of benzene rings is 1. The highest BCUT2D eigenvalue weighted by atomic mass is 32.2. The van der Waals surface area contributed by atoms with E-state index >= 15 is 0 Å². The van der Waals surface area contributed by atoms with Gasteiger partial charge < -0.3 is 10.1 Å². The van der Waals surface area contributed by atoms with Crippen LogP contribution in [0, 0.1) is 0 Å². The lowest BCUT2D eigenvalue weighted by atomic mass is 10.3. The van der Waals surface area contributed by atoms with Crippen LogP contribution in [0.3, 0.4) is 0 Å². The summed E-state index contributed by atoms with van der Waals surface area (Å²) in [4.78, 5) is 7.20. The molecule has 0 saturated carbocycles. The van der Waals surface area contributed by atoms with Gasteiger partial charge in [0.15, 0.2) is 0 Å². The molecule has 0 amide bonds. The van der Waals surface area contributed by atoms with E-state index in [-0.39, 0.29) is 18.0 Å². The van der Waals surface area contributed by atoms with Crippen LogP contribution in [0.5, 0.6) is 0 Å². The Hall–Kier alpha value is -2.38. The molecule has 2 aromatic heterocycles. The van der Waals surface area contributed by atoms with Crippen molar-refractivity contribution >= 4 is 26.7 Å². The lowest BCUT2D eigenvalue weighted by molar-refractivity contribution is 0.291. The van der Waals surface area contributed by atoms with Crippen LogP contribution in [-0.4, -0.2) is 36.6 Å². The third-order valence-electron chi connectivity index (χ3n) is 3.54. The summed E-state index contributed by atoms with van der Waals surface area (Å²) in [6, 6.07) is 12.3. The molecule has 0 atom stereocenters. The van der Waals surface area contributed by atoms with E-state index < -0.39 is 10.0 Å². The number of hydrogen-bond acceptors (Lipinski definition) is 4. The molecule has 3 rings (SSSR count). The average molecular weight is 331 g/mol. The number of H-pyrrole nitrogens is 1. The van der Waals surface area contributed by atoms with Crippen LogP contribution < -0.4 is 4.31 Å². The fraction of sp³-hybridized carbons (Fsp3) is 0.188. The van der Waals surface area contributed by atoms with E-state index in [1.54, 1.807) is 42.6 Å². The second-order valence-electron chi connectivity index (χ2n) is 5.04. The number of aliphatic hydroxyl groups excluding tert-OH is 1. The van der Waals surface area contributed by atoms with Crippen LogP contribution in [0.15, 0.2) is 59.8 Å². The number of anilines is 1. The van der Waals surface area contributed by atoms with Crippen molar-refractivity contribution < 1.29 is 13.5 Å². The third kappa shape index (κ3) is 2.93. The van der Waals surface area contributed by atoms with Crippen molar-refractivity contribution in [3.05, 3.63) is 54.9 Å². The van der Waals surface area contributed by atoms with Gasteiger partial charge in [0.1, 0.15) is 10.5 Å². The highest BCUT2D eigenvalue weighted by Gasteiger charge is 2.27. The number of nitrogens with one attached hydrogen (secondary N) is 1. The topological polar surface area (TPSA) is 86.3 Å². The fourth-order valence-corrected chi connectivity index (χ4v) is 4.12. The molecule has 6 nitrogen and oxygen atoms in total. The number of para-hydroxylation sites is 1. The SMILES string of the molecule is O=S(=O)(c1c[nH]c2ncccc12)N(CCCO)c1ccccc1. The van der Waals surface area contributed by atoms with E-state index in [2.05, 4.69) is 9.97 Å². The minimum absolute atomic E-state index is 0.0751. The maximum Gasteiger partial charge on any atom is 0.266 e. The summed E-state index contributed by atoms with van der Waals surface area (Å²) in [5.74, 6) is 0. The fourth-order valence-electron chi connectivity index (χ4n) is 2.46. The highest BCUT2D eigenvalue weighted by molar-refractivity contribution is 7.93. The summed E-state index contributed by atoms with van der Waals surface area (Å²) in [6.07, 6.45) is 3.42. The van der Waals surface area contributed by atoms with Crippen LogP contribution in [0.2, 0.25) is 0 Å². The molecule has 0 fully saturated rings. The number of pyridine rings is 1. The molecule has 3 aromatic rings. The van der Waals surface area contributed by atoms with Crippen molar-refractivity contribution in [2.75, 3.05) is 17.5 Å². The molecular weight excluding hydrogens is 314 g/mol. The molecule has 120 valence electrons. The average Bonchev–Trinajstić information content (AvgIpc) is 3.01. The smallest absolute Gasteiger partial charge is 0.266 e. The third-order valence-corrected chi connectivity index (χ3v) is 5.41. The van der Waals surface area contributed by atoms with E-state index in [1.807, 2.05) is 6.07 Å². The van der Waals surface area contributed by atoms with Crippen molar-refractivity contribution in [1.29, 1.82) is 0 Å². The van der Waals surface area contributed by atoms with Crippen LogP contribution in [0.25, 0.3) is 11.0 Å². The Labute approximate surface area is 134 Å². The summed E-state index contributed by atoms with van der Waals surface area (Å²) in [5.41, 5.74) is 1.10. The first-order valence-electron chi connectivity index (χ1n) is 7.25. The van der Waals surface area contributed by atoms with Crippen LogP contribution >= 0.6 is 0 Å². The number of nitrogens with zero attached hydrogens (tertiary/aromatic N) is 2. The second-order valence-corrected chi connectivity index (χ2v) is 6.87. The molecule has 0 aliphatic rings. The molecule has 23 heavy (non-hydrogen) atoms. The summed E-state index contributed by atoms with van der Waals surface area (Å²) in [6.45, 7) is 0.129. The monoisotopic (exact) mass is 331 g/mol. The van der Waals surface area contributed by atoms with E-state index in [0.29, 0.717) is 23.1 Å². The van der Waals surface area contributed by atoms with Gasteiger partial charge in [-0.2, -0.15) is 0 Å². The van der Waals surface area contributed by atoms with Gasteiger partial charge in [0.25, 0.3) is 10.0 Å². The quantitative estimate of drug-likeness (QED) is 0.724. The maximum atomic E-state index is 13.1. The molecule has 0 unspecified atom stereocenters. The molecule has 1 aromatic carbocycles. The van der Waals surface area contributed by atoms with Crippen molar-refractivity contribution in [2.24, 2.45) is 0 Å². The molecule has 0 spiro atoms. The minimum Gasteiger partial charge on any atom is -0.396 e. The Morgan fingerprint density at radius 1 is 1.13 bits per heavy atom. The first-order chi connectivity index (χ1) is 11.1. The van der Waals surface area contributed by atoms with E-state index in [9.17, 15) is 8.42 Å². The molecule has 2 N–H and O–H groups in total. The Bertz CT molecular complexity index is 891. The van der Waals surface area contributed by atoms with Crippen molar-refractivity contribution in [1.82, 2.24) is 9.97 Å². The Morgan fingerprint density at radius 2 is 1.91 bits per heavy atom. The number of aliphatic hydroxyl groups is 1. The molecule has 0 aliphatic carbocycles. The summed E-state index contributed by atoms with van der Waals surface area (Å²) < 4.78 is 27.5. The zero-order valence-corrected chi connectivity index (χ0v) is 13.2. The van der Waals surface area contributed by atoms with Gasteiger partial charge in [-0.25, -0.2) is 13.4 Å². The summed E-state index contributed by atoms with van der Waals surface area (Å²) in [5, 5.41) is 9.65. The number of aromatic nitrogens is 2. The van der Waals surface area contributed by atoms with E-state index in [1.165, 1.54) is 10.5 Å². The predicted octanol–water partition coefficient (Wildman–Crippen LogP) is 2.14. The zero-order chi connectivity index (χ0) is 16.3. The molecule has 7 heteroatoms. The number of sulfonamides is 1. The Balaban J connectivity index is 2.10. The largest absolute Gasteiger partial charge is 0.396 e. The maximum absolute atomic E-state index is 13.1. The molecule has 0 bridgehead atoms. The van der Waals surface area contributed by atoms with Gasteiger partial charge in [-0.3, -0.25) is 4.31 Å². The van der Waals surface area contributed by atoms with Crippen LogP contribution in [-0.2, 0) is 10.0 Å². The first-order valence-corrected chi connectivity index (χ1v) is 8.69. The minimum atomic E-state index is -3.76. The van der Waals surface area contributed by atoms with Crippen LogP contribution in [0.1, 0.15) is 6.42 Å². The number of hydrogen-bond donors (Lipinski definition) is 2. The van der Waals surface area contributed by atoms with Gasteiger partial charge >= 0.3 is 0 Å². The molecule has 0 radical (unpaired) electrons. The normalized spacial score (nSPS) is 11.7.